The molecule has 0 saturated carbocycles. The number of hydrogen-bond donors (Lipinski definition) is 0. The van der Waals surface area contributed by atoms with Crippen molar-refractivity contribution >= 4 is 60.9 Å². The minimum atomic E-state index is -0.282. The lowest BCUT2D eigenvalue weighted by Gasteiger charge is -2.40. The third kappa shape index (κ3) is 9.88. The lowest BCUT2D eigenvalue weighted by molar-refractivity contribution is 0.154. The fourth-order valence-corrected chi connectivity index (χ4v) is 21.0. The molecule has 0 aliphatic heterocycles. The molecule has 0 saturated heterocycles. The molecule has 5 aliphatic carbocycles. The number of hydrogen-bond acceptors (Lipinski definition) is 3. The Morgan fingerprint density at radius 2 is 0.856 bits per heavy atom. The molecular formula is C94H105NO2. The zero-order chi connectivity index (χ0) is 66.8. The van der Waals surface area contributed by atoms with Crippen molar-refractivity contribution in [2.75, 3.05) is 4.90 Å². The van der Waals surface area contributed by atoms with Crippen LogP contribution < -0.4 is 4.90 Å². The van der Waals surface area contributed by atoms with Gasteiger partial charge in [-0.2, -0.15) is 0 Å². The molecule has 11 aromatic rings. The molecule has 0 N–H and O–H groups in total. The summed E-state index contributed by atoms with van der Waals surface area (Å²) in [4.78, 5) is 2.72. The van der Waals surface area contributed by atoms with E-state index in [0.29, 0.717) is 0 Å². The second-order valence-corrected chi connectivity index (χ2v) is 32.5. The largest absolute Gasteiger partial charge is 0.456 e. The quantitative estimate of drug-likeness (QED) is 0.0598. The van der Waals surface area contributed by atoms with Gasteiger partial charge in [-0.1, -0.05) is 255 Å². The summed E-state index contributed by atoms with van der Waals surface area (Å²) in [5.74, 6) is 0. The maximum absolute atomic E-state index is 7.66. The van der Waals surface area contributed by atoms with E-state index in [1.54, 1.807) is 22.3 Å². The van der Waals surface area contributed by atoms with Gasteiger partial charge in [-0.3, -0.25) is 0 Å². The van der Waals surface area contributed by atoms with Gasteiger partial charge in [0.05, 0.1) is 5.69 Å². The fourth-order valence-electron chi connectivity index (χ4n) is 21.0. The Bertz CT molecular complexity index is 4870. The highest BCUT2D eigenvalue weighted by atomic mass is 16.3. The highest BCUT2D eigenvalue weighted by molar-refractivity contribution is 6.21. The predicted octanol–water partition coefficient (Wildman–Crippen LogP) is 28.5. The van der Waals surface area contributed by atoms with Crippen LogP contribution in [0.4, 0.5) is 17.1 Å². The molecule has 3 nitrogen and oxygen atoms in total. The van der Waals surface area contributed by atoms with Gasteiger partial charge in [0, 0.05) is 60.1 Å². The second-order valence-electron chi connectivity index (χ2n) is 32.5. The molecule has 0 radical (unpaired) electrons. The Kier molecular flexibility index (Phi) is 16.3. The average Bonchev–Trinajstić information content (AvgIpc) is 1.50. The van der Waals surface area contributed by atoms with Gasteiger partial charge < -0.3 is 13.7 Å². The van der Waals surface area contributed by atoms with Crippen LogP contribution in [0.15, 0.2) is 154 Å². The van der Waals surface area contributed by atoms with Crippen molar-refractivity contribution < 1.29 is 8.83 Å². The first-order valence-electron chi connectivity index (χ1n) is 38.6. The molecule has 97 heavy (non-hydrogen) atoms. The number of benzene rings is 9. The van der Waals surface area contributed by atoms with E-state index in [4.69, 9.17) is 8.83 Å². The van der Waals surface area contributed by atoms with E-state index in [1.807, 2.05) is 0 Å². The first-order chi connectivity index (χ1) is 47.1. The monoisotopic (exact) mass is 1280 g/mol. The molecule has 0 bridgehead atoms. The fraction of sp³-hybridized carbons (Fsp3) is 0.426. The maximum atomic E-state index is 7.66. The minimum absolute atomic E-state index is 0.131. The highest BCUT2D eigenvalue weighted by Crippen LogP contribution is 2.70. The normalized spacial score (nSPS) is 18.6. The lowest BCUT2D eigenvalue weighted by Crippen LogP contribution is -2.32. The Hall–Kier alpha value is -7.62. The van der Waals surface area contributed by atoms with Crippen LogP contribution in [0.25, 0.3) is 88.4 Å². The molecule has 0 amide bonds. The van der Waals surface area contributed by atoms with Crippen molar-refractivity contribution in [3.63, 3.8) is 0 Å². The summed E-state index contributed by atoms with van der Waals surface area (Å²) in [5.41, 5.74) is 34.4. The molecule has 0 spiro atoms. The van der Waals surface area contributed by atoms with Crippen molar-refractivity contribution in [3.8, 4) is 44.5 Å². The Balaban J connectivity index is 0.938. The average molecular weight is 1280 g/mol. The van der Waals surface area contributed by atoms with Crippen LogP contribution >= 0.6 is 0 Å². The number of fused-ring (bicyclic) bond motifs is 21. The van der Waals surface area contributed by atoms with Crippen LogP contribution in [-0.2, 0) is 21.7 Å². The van der Waals surface area contributed by atoms with Gasteiger partial charge >= 0.3 is 0 Å². The smallest absolute Gasteiger partial charge is 0.144 e. The molecular weight excluding hydrogens is 1180 g/mol. The van der Waals surface area contributed by atoms with E-state index in [2.05, 4.69) is 227 Å². The van der Waals surface area contributed by atoms with Crippen LogP contribution in [-0.4, -0.2) is 0 Å². The molecule has 2 heterocycles. The van der Waals surface area contributed by atoms with Gasteiger partial charge in [0.1, 0.15) is 22.3 Å². The molecule has 2 unspecified atom stereocenters. The van der Waals surface area contributed by atoms with E-state index in [1.165, 1.54) is 263 Å². The third-order valence-corrected chi connectivity index (χ3v) is 25.8. The number of para-hydroxylation sites is 2. The Labute approximate surface area is 579 Å². The van der Waals surface area contributed by atoms with Crippen molar-refractivity contribution in [2.24, 2.45) is 5.41 Å². The molecule has 498 valence electrons. The maximum Gasteiger partial charge on any atom is 0.144 e. The van der Waals surface area contributed by atoms with Crippen molar-refractivity contribution in [3.05, 3.63) is 207 Å². The third-order valence-electron chi connectivity index (χ3n) is 25.8. The lowest BCUT2D eigenvalue weighted by atomic mass is 9.64. The van der Waals surface area contributed by atoms with E-state index >= 15 is 0 Å². The summed E-state index contributed by atoms with van der Waals surface area (Å²) in [6.45, 7) is 26.5. The number of aryl methyl sites for hydroxylation is 3. The first-order valence-corrected chi connectivity index (χ1v) is 38.6. The second kappa shape index (κ2) is 24.7. The molecule has 9 aromatic carbocycles. The van der Waals surface area contributed by atoms with Gasteiger partial charge in [0.25, 0.3) is 0 Å². The van der Waals surface area contributed by atoms with Gasteiger partial charge in [0.15, 0.2) is 0 Å². The summed E-state index contributed by atoms with van der Waals surface area (Å²) in [6.07, 6.45) is 30.4. The summed E-state index contributed by atoms with van der Waals surface area (Å²) >= 11 is 0. The topological polar surface area (TPSA) is 29.5 Å². The molecule has 2 atom stereocenters. The minimum Gasteiger partial charge on any atom is -0.456 e. The van der Waals surface area contributed by atoms with E-state index in [-0.39, 0.29) is 27.1 Å². The van der Waals surface area contributed by atoms with Gasteiger partial charge in [0.2, 0.25) is 0 Å². The standard InChI is InChI=1S/C94H105NO2/c1-12-16-20-22-32-48-93-52-50-92(46-30-18-14-3,47-31-19-15-4)51-53-94(49-33-23-21-17-13-2)77-57-64(41-43-67(77)85-87(94)86(93)83(66-34-24-27-37-72(66)93)84-69-36-26-29-39-79(69)97-89(84)85)95(88-61(6)54-60(5)55-62(88)7)63-40-42-65-70-58-76-71(59-75(70)91(10,11)74(65)56-63)81-73(90(76,8)9)44-45-80-82(81)68-35-25-28-38-78(68)96-80/h24-29,34-45,54-59H,12-23,30-33,46-53H2,1-11H3. The predicted molar refractivity (Wildman–Crippen MR) is 413 cm³/mol. The SMILES string of the molecule is CCCCCCCC12CCC(CCCCC)(CCCCC)CCC3(CCCCCCC)c4ccccc4-c4c3c1c(c1oc3ccccc3c41)-c1ccc(N(c3ccc4c(c3)C(C)(C)c3cc5c(cc3-4)C(C)(C)c3ccc4oc6ccccc6c4c3-5)c3c(C)cc(C)cc3C)cc12. The van der Waals surface area contributed by atoms with Crippen molar-refractivity contribution in [2.45, 2.75) is 252 Å². The van der Waals surface area contributed by atoms with Gasteiger partial charge in [-0.15, -0.1) is 0 Å². The number of nitrogens with zero attached hydrogens (tertiary/aromatic N) is 1. The summed E-state index contributed by atoms with van der Waals surface area (Å²) < 4.78 is 14.3. The number of furan rings is 2. The summed E-state index contributed by atoms with van der Waals surface area (Å²) in [5, 5.41) is 5.06. The highest BCUT2D eigenvalue weighted by Gasteiger charge is 2.56. The number of rotatable bonds is 23. The van der Waals surface area contributed by atoms with Crippen LogP contribution in [0.5, 0.6) is 0 Å². The van der Waals surface area contributed by atoms with E-state index in [0.717, 1.165) is 35.2 Å². The number of anilines is 3. The Morgan fingerprint density at radius 1 is 0.361 bits per heavy atom. The first kappa shape index (κ1) is 64.1. The van der Waals surface area contributed by atoms with Gasteiger partial charge in [-0.25, -0.2) is 0 Å². The van der Waals surface area contributed by atoms with Crippen molar-refractivity contribution in [1.82, 2.24) is 0 Å². The Morgan fingerprint density at radius 3 is 1.52 bits per heavy atom. The zero-order valence-corrected chi connectivity index (χ0v) is 60.6. The molecule has 2 aromatic heterocycles. The summed E-state index contributed by atoms with van der Waals surface area (Å²) in [7, 11) is 0. The van der Waals surface area contributed by atoms with Crippen LogP contribution in [0.1, 0.15) is 271 Å². The summed E-state index contributed by atoms with van der Waals surface area (Å²) in [6, 6.07) is 57.9. The van der Waals surface area contributed by atoms with Crippen molar-refractivity contribution in [1.29, 1.82) is 0 Å². The van der Waals surface area contributed by atoms with E-state index in [9.17, 15) is 0 Å². The van der Waals surface area contributed by atoms with Crippen LogP contribution in [0, 0.1) is 26.2 Å². The zero-order valence-electron chi connectivity index (χ0n) is 60.6. The van der Waals surface area contributed by atoms with Crippen LogP contribution in [0.3, 0.4) is 0 Å². The molecule has 16 rings (SSSR count). The number of unbranched alkanes of at least 4 members (excludes halogenated alkanes) is 12. The molecule has 3 heteroatoms. The molecule has 5 aliphatic rings. The molecule has 0 fully saturated rings. The van der Waals surface area contributed by atoms with E-state index < -0.39 is 0 Å². The van der Waals surface area contributed by atoms with Gasteiger partial charge in [-0.05, 0) is 227 Å². The van der Waals surface area contributed by atoms with Crippen LogP contribution in [0.2, 0.25) is 0 Å².